The van der Waals surface area contributed by atoms with E-state index in [4.69, 9.17) is 0 Å². The number of nitrogens with zero attached hydrogens (tertiary/aromatic N) is 2. The Kier molecular flexibility index (Phi) is 3.13. The van der Waals surface area contributed by atoms with Gasteiger partial charge >= 0.3 is 0 Å². The first-order valence-electron chi connectivity index (χ1n) is 5.20. The summed E-state index contributed by atoms with van der Waals surface area (Å²) in [6.07, 6.45) is 5.81. The maximum atomic E-state index is 9.84. The zero-order valence-electron chi connectivity index (χ0n) is 8.39. The van der Waals surface area contributed by atoms with Gasteiger partial charge < -0.3 is 5.11 Å². The molecule has 2 rings (SSSR count). The van der Waals surface area contributed by atoms with Crippen LogP contribution < -0.4 is 0 Å². The first-order chi connectivity index (χ1) is 6.75. The van der Waals surface area contributed by atoms with Gasteiger partial charge in [-0.15, -0.1) is 0 Å². The quantitative estimate of drug-likeness (QED) is 0.814. The maximum absolute atomic E-state index is 9.84. The highest BCUT2D eigenvalue weighted by Gasteiger charge is 2.27. The second-order valence-corrected chi connectivity index (χ2v) is 4.91. The minimum atomic E-state index is -0.132. The summed E-state index contributed by atoms with van der Waals surface area (Å²) in [4.78, 5) is 0. The van der Waals surface area contributed by atoms with Crippen molar-refractivity contribution in [2.75, 3.05) is 0 Å². The summed E-state index contributed by atoms with van der Waals surface area (Å²) < 4.78 is 8.17. The molecule has 1 fully saturated rings. The minimum Gasteiger partial charge on any atom is -0.393 e. The van der Waals surface area contributed by atoms with Crippen molar-refractivity contribution in [2.24, 2.45) is 11.8 Å². The molecule has 1 aliphatic rings. The van der Waals surface area contributed by atoms with Gasteiger partial charge in [0.15, 0.2) is 0 Å². The fourth-order valence-electron chi connectivity index (χ4n) is 2.24. The van der Waals surface area contributed by atoms with E-state index in [1.54, 1.807) is 0 Å². The lowest BCUT2D eigenvalue weighted by Crippen LogP contribution is -2.29. The molecule has 1 heterocycles. The van der Waals surface area contributed by atoms with Crippen molar-refractivity contribution in [1.82, 2.24) is 8.75 Å². The number of rotatable bonds is 2. The standard InChI is InChI=1S/C10H16N2OS/c1-7-2-3-10(13)8(4-7)5-9-6-11-14-12-9/h6-8,10,13H,2-5H2,1H3. The second-order valence-electron chi connectivity index (χ2n) is 4.35. The predicted molar refractivity (Wildman–Crippen MR) is 56.1 cm³/mol. The van der Waals surface area contributed by atoms with E-state index in [9.17, 15) is 5.11 Å². The van der Waals surface area contributed by atoms with Crippen LogP contribution in [0.4, 0.5) is 0 Å². The molecule has 14 heavy (non-hydrogen) atoms. The van der Waals surface area contributed by atoms with Crippen molar-refractivity contribution in [1.29, 1.82) is 0 Å². The fraction of sp³-hybridized carbons (Fsp3) is 0.800. The molecule has 3 unspecified atom stereocenters. The highest BCUT2D eigenvalue weighted by molar-refractivity contribution is 6.99. The third-order valence-corrected chi connectivity index (χ3v) is 3.60. The molecule has 0 bridgehead atoms. The van der Waals surface area contributed by atoms with E-state index >= 15 is 0 Å². The molecule has 0 aliphatic heterocycles. The molecule has 1 aromatic heterocycles. The van der Waals surface area contributed by atoms with Gasteiger partial charge in [-0.3, -0.25) is 0 Å². The molecule has 0 saturated heterocycles. The van der Waals surface area contributed by atoms with Crippen LogP contribution in [0.1, 0.15) is 31.9 Å². The van der Waals surface area contributed by atoms with E-state index in [-0.39, 0.29) is 6.10 Å². The van der Waals surface area contributed by atoms with Gasteiger partial charge in [-0.1, -0.05) is 6.92 Å². The number of hydrogen-bond acceptors (Lipinski definition) is 4. The van der Waals surface area contributed by atoms with Gasteiger partial charge in [-0.2, -0.15) is 8.75 Å². The van der Waals surface area contributed by atoms with Crippen LogP contribution in [0.25, 0.3) is 0 Å². The summed E-state index contributed by atoms with van der Waals surface area (Å²) in [5.41, 5.74) is 1.04. The van der Waals surface area contributed by atoms with E-state index in [2.05, 4.69) is 15.7 Å². The predicted octanol–water partition coefficient (Wildman–Crippen LogP) is 1.88. The average molecular weight is 212 g/mol. The molecule has 1 N–H and O–H groups in total. The van der Waals surface area contributed by atoms with Gasteiger partial charge in [0.2, 0.25) is 0 Å². The Morgan fingerprint density at radius 2 is 2.43 bits per heavy atom. The summed E-state index contributed by atoms with van der Waals surface area (Å²) >= 11 is 1.25. The van der Waals surface area contributed by atoms with Crippen molar-refractivity contribution in [3.63, 3.8) is 0 Å². The Labute approximate surface area is 88.5 Å². The van der Waals surface area contributed by atoms with Crippen LogP contribution in [-0.4, -0.2) is 20.0 Å². The molecular weight excluding hydrogens is 196 g/mol. The van der Waals surface area contributed by atoms with Crippen molar-refractivity contribution < 1.29 is 5.11 Å². The largest absolute Gasteiger partial charge is 0.393 e. The van der Waals surface area contributed by atoms with E-state index in [0.717, 1.165) is 37.3 Å². The third-order valence-electron chi connectivity index (χ3n) is 3.08. The van der Waals surface area contributed by atoms with Gasteiger partial charge in [-0.25, -0.2) is 0 Å². The topological polar surface area (TPSA) is 46.0 Å². The molecule has 1 saturated carbocycles. The Bertz CT molecular complexity index is 276. The second kappa shape index (κ2) is 4.36. The molecule has 0 amide bonds. The Hall–Kier alpha value is -0.480. The molecule has 78 valence electrons. The van der Waals surface area contributed by atoms with Gasteiger partial charge in [-0.05, 0) is 37.5 Å². The number of aromatic nitrogens is 2. The molecule has 0 spiro atoms. The molecule has 0 radical (unpaired) electrons. The summed E-state index contributed by atoms with van der Waals surface area (Å²) in [5.74, 6) is 1.14. The lowest BCUT2D eigenvalue weighted by atomic mass is 9.78. The number of aliphatic hydroxyl groups is 1. The maximum Gasteiger partial charge on any atom is 0.0746 e. The Morgan fingerprint density at radius 1 is 1.57 bits per heavy atom. The summed E-state index contributed by atoms with van der Waals surface area (Å²) in [7, 11) is 0. The minimum absolute atomic E-state index is 0.132. The molecule has 4 heteroatoms. The van der Waals surface area contributed by atoms with Crippen LogP contribution in [-0.2, 0) is 6.42 Å². The molecule has 3 nitrogen and oxygen atoms in total. The van der Waals surface area contributed by atoms with E-state index in [1.807, 2.05) is 6.20 Å². The van der Waals surface area contributed by atoms with E-state index in [0.29, 0.717) is 5.92 Å². The molecule has 1 aromatic rings. The SMILES string of the molecule is CC1CCC(O)C(Cc2cnsn2)C1. The Morgan fingerprint density at radius 3 is 3.14 bits per heavy atom. The molecular formula is C10H16N2OS. The lowest BCUT2D eigenvalue weighted by molar-refractivity contribution is 0.0515. The smallest absolute Gasteiger partial charge is 0.0746 e. The average Bonchev–Trinajstić information content (AvgIpc) is 2.64. The normalized spacial score (nSPS) is 33.1. The molecule has 0 aromatic carbocycles. The highest BCUT2D eigenvalue weighted by atomic mass is 32.1. The fourth-order valence-corrected chi connectivity index (χ4v) is 2.69. The summed E-state index contributed by atoms with van der Waals surface area (Å²) in [6, 6.07) is 0. The first kappa shape index (κ1) is 10.1. The van der Waals surface area contributed by atoms with Crippen molar-refractivity contribution in [2.45, 2.75) is 38.7 Å². The van der Waals surface area contributed by atoms with Crippen molar-refractivity contribution in [3.05, 3.63) is 11.9 Å². The summed E-state index contributed by atoms with van der Waals surface area (Å²) in [5, 5.41) is 9.84. The van der Waals surface area contributed by atoms with Gasteiger partial charge in [0.25, 0.3) is 0 Å². The van der Waals surface area contributed by atoms with E-state index in [1.165, 1.54) is 11.7 Å². The summed E-state index contributed by atoms with van der Waals surface area (Å²) in [6.45, 7) is 2.26. The van der Waals surface area contributed by atoms with Crippen molar-refractivity contribution in [3.8, 4) is 0 Å². The van der Waals surface area contributed by atoms with Crippen LogP contribution in [0.2, 0.25) is 0 Å². The Balaban J connectivity index is 1.95. The van der Waals surface area contributed by atoms with Gasteiger partial charge in [0.1, 0.15) is 0 Å². The number of aliphatic hydroxyl groups excluding tert-OH is 1. The van der Waals surface area contributed by atoms with Gasteiger partial charge in [0, 0.05) is 0 Å². The zero-order valence-corrected chi connectivity index (χ0v) is 9.20. The highest BCUT2D eigenvalue weighted by Crippen LogP contribution is 2.30. The van der Waals surface area contributed by atoms with Crippen LogP contribution in [0.15, 0.2) is 6.20 Å². The van der Waals surface area contributed by atoms with Crippen LogP contribution >= 0.6 is 11.7 Å². The van der Waals surface area contributed by atoms with Crippen LogP contribution in [0.3, 0.4) is 0 Å². The lowest BCUT2D eigenvalue weighted by Gasteiger charge is -2.31. The first-order valence-corrected chi connectivity index (χ1v) is 5.93. The van der Waals surface area contributed by atoms with Gasteiger partial charge in [0.05, 0.1) is 29.7 Å². The molecule has 1 aliphatic carbocycles. The molecule has 3 atom stereocenters. The van der Waals surface area contributed by atoms with Crippen LogP contribution in [0, 0.1) is 11.8 Å². The van der Waals surface area contributed by atoms with Crippen molar-refractivity contribution >= 4 is 11.7 Å². The van der Waals surface area contributed by atoms with Crippen LogP contribution in [0.5, 0.6) is 0 Å². The third kappa shape index (κ3) is 2.30. The monoisotopic (exact) mass is 212 g/mol. The zero-order chi connectivity index (χ0) is 9.97. The van der Waals surface area contributed by atoms with E-state index < -0.39 is 0 Å². The number of hydrogen-bond donors (Lipinski definition) is 1.